The van der Waals surface area contributed by atoms with Crippen LogP contribution in [-0.4, -0.2) is 48.9 Å². The van der Waals surface area contributed by atoms with E-state index in [0.29, 0.717) is 29.8 Å². The largest absolute Gasteiger partial charge is 0.383 e. The van der Waals surface area contributed by atoms with Crippen LogP contribution in [0.25, 0.3) is 33.1 Å². The first-order valence-corrected chi connectivity index (χ1v) is 9.81. The van der Waals surface area contributed by atoms with Crippen LogP contribution < -0.4 is 5.73 Å². The number of rotatable bonds is 3. The lowest BCUT2D eigenvalue weighted by Crippen LogP contribution is -2.34. The maximum absolute atomic E-state index is 12.9. The number of carbonyl (C=O) groups excluding carboxylic acids is 1. The zero-order valence-corrected chi connectivity index (χ0v) is 16.4. The monoisotopic (exact) mass is 400 g/mol. The van der Waals surface area contributed by atoms with Crippen LogP contribution in [0.2, 0.25) is 0 Å². The van der Waals surface area contributed by atoms with Crippen LogP contribution >= 0.6 is 0 Å². The van der Waals surface area contributed by atoms with Gasteiger partial charge in [0.1, 0.15) is 17.4 Å². The highest BCUT2D eigenvalue weighted by Gasteiger charge is 2.30. The van der Waals surface area contributed by atoms with Gasteiger partial charge >= 0.3 is 0 Å². The van der Waals surface area contributed by atoms with Gasteiger partial charge in [0.2, 0.25) is 5.91 Å². The molecule has 1 aromatic carbocycles. The van der Waals surface area contributed by atoms with Crippen molar-refractivity contribution in [3.05, 3.63) is 36.7 Å². The molecule has 4 aromatic rings. The Morgan fingerprint density at radius 3 is 2.97 bits per heavy atom. The molecule has 0 aliphatic carbocycles. The Hall–Kier alpha value is -3.93. The minimum Gasteiger partial charge on any atom is -0.383 e. The standard InChI is InChI=1S/C21H20N8O/c1-12(21(30)28-7-5-13(9-22)10-28)29-11-16-19(27-29)15-3-2-14(17-4-6-24-26-17)8-18(15)25-20(16)23/h2-4,6,8,11-13H,5,7,10H2,1H3,(H2,23,25)(H,24,26)/t12?,13-/m1/s1. The number of benzene rings is 1. The highest BCUT2D eigenvalue weighted by atomic mass is 16.2. The van der Waals surface area contributed by atoms with Crippen molar-refractivity contribution >= 4 is 33.5 Å². The predicted octanol–water partition coefficient (Wildman–Crippen LogP) is 2.49. The molecule has 2 atom stereocenters. The third-order valence-corrected chi connectivity index (χ3v) is 5.75. The smallest absolute Gasteiger partial charge is 0.247 e. The van der Waals surface area contributed by atoms with Gasteiger partial charge in [0.05, 0.1) is 28.6 Å². The van der Waals surface area contributed by atoms with Gasteiger partial charge in [-0.15, -0.1) is 0 Å². The molecule has 9 heteroatoms. The van der Waals surface area contributed by atoms with Crippen LogP contribution in [0.4, 0.5) is 5.82 Å². The number of pyridine rings is 1. The number of nitrogens with one attached hydrogen (secondary N) is 1. The number of nitrogens with zero attached hydrogens (tertiary/aromatic N) is 6. The van der Waals surface area contributed by atoms with E-state index < -0.39 is 6.04 Å². The molecule has 1 unspecified atom stereocenters. The van der Waals surface area contributed by atoms with Gasteiger partial charge < -0.3 is 10.6 Å². The maximum atomic E-state index is 12.9. The van der Waals surface area contributed by atoms with E-state index >= 15 is 0 Å². The van der Waals surface area contributed by atoms with E-state index in [2.05, 4.69) is 26.3 Å². The van der Waals surface area contributed by atoms with E-state index in [1.54, 1.807) is 22.0 Å². The number of fused-ring (bicyclic) bond motifs is 3. The molecule has 4 heterocycles. The summed E-state index contributed by atoms with van der Waals surface area (Å²) in [6, 6.07) is 9.52. The van der Waals surface area contributed by atoms with Crippen molar-refractivity contribution in [3.8, 4) is 17.3 Å². The number of aromatic nitrogens is 5. The Kier molecular flexibility index (Phi) is 4.13. The van der Waals surface area contributed by atoms with E-state index in [0.717, 1.165) is 28.6 Å². The highest BCUT2D eigenvalue weighted by Crippen LogP contribution is 2.31. The molecule has 0 radical (unpaired) electrons. The summed E-state index contributed by atoms with van der Waals surface area (Å²) in [5.74, 6) is 0.236. The Morgan fingerprint density at radius 2 is 2.23 bits per heavy atom. The first kappa shape index (κ1) is 18.1. The van der Waals surface area contributed by atoms with Crippen LogP contribution in [0.3, 0.4) is 0 Å². The molecule has 1 aliphatic heterocycles. The molecule has 1 fully saturated rings. The molecular weight excluding hydrogens is 380 g/mol. The normalized spacial score (nSPS) is 17.5. The number of anilines is 1. The average Bonchev–Trinajstić information content (AvgIpc) is 3.52. The summed E-state index contributed by atoms with van der Waals surface area (Å²) in [4.78, 5) is 19.2. The predicted molar refractivity (Wildman–Crippen MR) is 112 cm³/mol. The number of hydrogen-bond donors (Lipinski definition) is 2. The van der Waals surface area contributed by atoms with Gasteiger partial charge in [0, 0.05) is 36.4 Å². The summed E-state index contributed by atoms with van der Waals surface area (Å²) in [5, 5.41) is 22.3. The Balaban J connectivity index is 1.53. The molecular formula is C21H20N8O. The lowest BCUT2D eigenvalue weighted by Gasteiger charge is -2.20. The molecule has 0 bridgehead atoms. The maximum Gasteiger partial charge on any atom is 0.247 e. The highest BCUT2D eigenvalue weighted by molar-refractivity contribution is 6.08. The topological polar surface area (TPSA) is 130 Å². The number of hydrogen-bond acceptors (Lipinski definition) is 6. The summed E-state index contributed by atoms with van der Waals surface area (Å²) in [7, 11) is 0. The second-order valence-corrected chi connectivity index (χ2v) is 7.65. The number of H-pyrrole nitrogens is 1. The first-order chi connectivity index (χ1) is 14.5. The fraction of sp³-hybridized carbons (Fsp3) is 0.286. The van der Waals surface area contributed by atoms with Crippen molar-refractivity contribution in [2.45, 2.75) is 19.4 Å². The van der Waals surface area contributed by atoms with E-state index in [9.17, 15) is 4.79 Å². The summed E-state index contributed by atoms with van der Waals surface area (Å²) in [6.07, 6.45) is 4.19. The van der Waals surface area contributed by atoms with Gasteiger partial charge in [0.15, 0.2) is 0 Å². The zero-order chi connectivity index (χ0) is 20.8. The molecule has 30 heavy (non-hydrogen) atoms. The third-order valence-electron chi connectivity index (χ3n) is 5.75. The fourth-order valence-corrected chi connectivity index (χ4v) is 4.02. The van der Waals surface area contributed by atoms with Gasteiger partial charge in [-0.05, 0) is 31.5 Å². The number of nitriles is 1. The Labute approximate surface area is 172 Å². The SMILES string of the molecule is CC(C(=O)N1CC[C@H](C#N)C1)n1cc2c(N)nc3cc(-c4ccn[nH]4)ccc3c2n1. The van der Waals surface area contributed by atoms with Crippen molar-refractivity contribution in [2.75, 3.05) is 18.8 Å². The van der Waals surface area contributed by atoms with Gasteiger partial charge in [-0.25, -0.2) is 4.98 Å². The molecule has 0 spiro atoms. The first-order valence-electron chi connectivity index (χ1n) is 9.81. The molecule has 1 amide bonds. The molecule has 3 aromatic heterocycles. The van der Waals surface area contributed by atoms with Crippen molar-refractivity contribution in [1.82, 2.24) is 29.9 Å². The molecule has 150 valence electrons. The van der Waals surface area contributed by atoms with Crippen LogP contribution in [0.5, 0.6) is 0 Å². The molecule has 3 N–H and O–H groups in total. The van der Waals surface area contributed by atoms with Crippen LogP contribution in [0.1, 0.15) is 19.4 Å². The number of likely N-dealkylation sites (tertiary alicyclic amines) is 1. The second kappa shape index (κ2) is 6.84. The second-order valence-electron chi connectivity index (χ2n) is 7.65. The Bertz CT molecular complexity index is 1300. The number of nitrogens with two attached hydrogens (primary N) is 1. The quantitative estimate of drug-likeness (QED) is 0.543. The van der Waals surface area contributed by atoms with Gasteiger partial charge in [-0.3, -0.25) is 14.6 Å². The lowest BCUT2D eigenvalue weighted by molar-refractivity contribution is -0.133. The number of nitrogen functional groups attached to an aromatic ring is 1. The van der Waals surface area contributed by atoms with Crippen molar-refractivity contribution in [1.29, 1.82) is 5.26 Å². The van der Waals surface area contributed by atoms with E-state index in [4.69, 9.17) is 11.0 Å². The van der Waals surface area contributed by atoms with Crippen molar-refractivity contribution < 1.29 is 4.79 Å². The molecule has 9 nitrogen and oxygen atoms in total. The molecule has 1 aliphatic rings. The lowest BCUT2D eigenvalue weighted by atomic mass is 10.1. The molecule has 0 saturated carbocycles. The van der Waals surface area contributed by atoms with Crippen molar-refractivity contribution in [3.63, 3.8) is 0 Å². The number of aromatic amines is 1. The van der Waals surface area contributed by atoms with Gasteiger partial charge in [0.25, 0.3) is 0 Å². The van der Waals surface area contributed by atoms with Gasteiger partial charge in [-0.2, -0.15) is 15.5 Å². The minimum atomic E-state index is -0.492. The number of carbonyl (C=O) groups is 1. The summed E-state index contributed by atoms with van der Waals surface area (Å²) >= 11 is 0. The van der Waals surface area contributed by atoms with Crippen LogP contribution in [0.15, 0.2) is 36.7 Å². The zero-order valence-electron chi connectivity index (χ0n) is 16.4. The summed E-state index contributed by atoms with van der Waals surface area (Å²) < 4.78 is 1.65. The number of amides is 1. The van der Waals surface area contributed by atoms with Crippen LogP contribution in [-0.2, 0) is 4.79 Å². The van der Waals surface area contributed by atoms with E-state index in [1.807, 2.05) is 31.2 Å². The van der Waals surface area contributed by atoms with E-state index in [1.165, 1.54) is 0 Å². The van der Waals surface area contributed by atoms with Crippen molar-refractivity contribution in [2.24, 2.45) is 5.92 Å². The van der Waals surface area contributed by atoms with Gasteiger partial charge in [-0.1, -0.05) is 6.07 Å². The van der Waals surface area contributed by atoms with Crippen LogP contribution in [0, 0.1) is 17.2 Å². The summed E-state index contributed by atoms with van der Waals surface area (Å²) in [5.41, 5.74) is 9.51. The molecule has 5 rings (SSSR count). The summed E-state index contributed by atoms with van der Waals surface area (Å²) in [6.45, 7) is 2.89. The molecule has 1 saturated heterocycles. The average molecular weight is 400 g/mol. The third kappa shape index (κ3) is 2.85. The Morgan fingerprint density at radius 1 is 1.37 bits per heavy atom. The van der Waals surface area contributed by atoms with E-state index in [-0.39, 0.29) is 11.8 Å². The fourth-order valence-electron chi connectivity index (χ4n) is 4.02. The minimum absolute atomic E-state index is 0.0436.